The normalized spacial score (nSPS) is 9.27. The van der Waals surface area contributed by atoms with E-state index in [4.69, 9.17) is 14.8 Å². The van der Waals surface area contributed by atoms with Crippen LogP contribution in [-0.4, -0.2) is 17.8 Å². The molecule has 1 rings (SSSR count). The molecule has 0 aliphatic carbocycles. The quantitative estimate of drug-likeness (QED) is 0.590. The van der Waals surface area contributed by atoms with Crippen molar-refractivity contribution in [3.63, 3.8) is 0 Å². The molecule has 2 N–H and O–H groups in total. The van der Waals surface area contributed by atoms with Gasteiger partial charge in [0.15, 0.2) is 0 Å². The zero-order valence-corrected chi connectivity index (χ0v) is 6.03. The molecule has 1 aromatic carbocycles. The van der Waals surface area contributed by atoms with E-state index in [1.165, 1.54) is 0 Å². The number of aliphatic hydroxyl groups excluding tert-OH is 1. The topological polar surface area (TPSA) is 49.7 Å². The van der Waals surface area contributed by atoms with Crippen molar-refractivity contribution in [2.75, 3.05) is 0 Å². The Labute approximate surface area is 65.6 Å². The molecule has 0 amide bonds. The van der Waals surface area contributed by atoms with E-state index in [1.807, 2.05) is 0 Å². The van der Waals surface area contributed by atoms with Gasteiger partial charge in [-0.15, -0.1) is 0 Å². The molecule has 0 radical (unpaired) electrons. The van der Waals surface area contributed by atoms with Crippen molar-refractivity contribution in [2.24, 2.45) is 0 Å². The lowest BCUT2D eigenvalue weighted by atomic mass is 10.2. The summed E-state index contributed by atoms with van der Waals surface area (Å²) in [5.41, 5.74) is 0.774. The average molecular weight is 152 g/mol. The van der Waals surface area contributed by atoms with Crippen LogP contribution < -0.4 is 4.65 Å². The van der Waals surface area contributed by atoms with Crippen molar-refractivity contribution in [3.8, 4) is 5.75 Å². The zero-order chi connectivity index (χ0) is 8.10. The van der Waals surface area contributed by atoms with Gasteiger partial charge in [-0.25, -0.2) is 0 Å². The third-order valence-corrected chi connectivity index (χ3v) is 1.31. The zero-order valence-electron chi connectivity index (χ0n) is 6.03. The highest BCUT2D eigenvalue weighted by atomic mass is 16.5. The third-order valence-electron chi connectivity index (χ3n) is 1.31. The van der Waals surface area contributed by atoms with Gasteiger partial charge in [-0.05, 0) is 17.7 Å². The Morgan fingerprint density at radius 1 is 1.45 bits per heavy atom. The highest BCUT2D eigenvalue weighted by Crippen LogP contribution is 2.11. The number of aliphatic hydroxyl groups is 1. The van der Waals surface area contributed by atoms with Crippen LogP contribution in [0.15, 0.2) is 24.3 Å². The van der Waals surface area contributed by atoms with Crippen molar-refractivity contribution in [3.05, 3.63) is 29.8 Å². The van der Waals surface area contributed by atoms with Crippen LogP contribution in [-0.2, 0) is 6.61 Å². The molecule has 0 saturated carbocycles. The molecule has 1 aromatic rings. The van der Waals surface area contributed by atoms with E-state index in [0.29, 0.717) is 5.75 Å². The minimum Gasteiger partial charge on any atom is -0.539 e. The van der Waals surface area contributed by atoms with E-state index in [1.54, 1.807) is 24.3 Å². The van der Waals surface area contributed by atoms with Crippen LogP contribution in [0.1, 0.15) is 5.56 Å². The molecular formula is C7H9BO3. The lowest BCUT2D eigenvalue weighted by Crippen LogP contribution is -1.99. The smallest absolute Gasteiger partial charge is 0.504 e. The molecule has 58 valence electrons. The molecule has 0 bridgehead atoms. The van der Waals surface area contributed by atoms with Gasteiger partial charge in [-0.2, -0.15) is 0 Å². The summed E-state index contributed by atoms with van der Waals surface area (Å²) >= 11 is 0. The van der Waals surface area contributed by atoms with Crippen LogP contribution in [0.25, 0.3) is 0 Å². The number of hydrogen-bond donors (Lipinski definition) is 2. The van der Waals surface area contributed by atoms with Crippen LogP contribution in [0.5, 0.6) is 5.75 Å². The summed E-state index contributed by atoms with van der Waals surface area (Å²) < 4.78 is 4.79. The predicted octanol–water partition coefficient (Wildman–Crippen LogP) is -0.183. The van der Waals surface area contributed by atoms with Gasteiger partial charge in [0, 0.05) is 0 Å². The van der Waals surface area contributed by atoms with Crippen molar-refractivity contribution in [1.29, 1.82) is 0 Å². The van der Waals surface area contributed by atoms with E-state index < -0.39 is 0 Å². The summed E-state index contributed by atoms with van der Waals surface area (Å²) in [7, 11) is -0.338. The Bertz CT molecular complexity index is 227. The van der Waals surface area contributed by atoms with Gasteiger partial charge in [-0.3, -0.25) is 0 Å². The van der Waals surface area contributed by atoms with Gasteiger partial charge >= 0.3 is 7.69 Å². The van der Waals surface area contributed by atoms with E-state index in [0.717, 1.165) is 5.56 Å². The van der Waals surface area contributed by atoms with E-state index in [9.17, 15) is 0 Å². The fourth-order valence-corrected chi connectivity index (χ4v) is 0.808. The van der Waals surface area contributed by atoms with Gasteiger partial charge < -0.3 is 14.8 Å². The molecule has 0 unspecified atom stereocenters. The predicted molar refractivity (Wildman–Crippen MR) is 42.4 cm³/mol. The van der Waals surface area contributed by atoms with Crippen molar-refractivity contribution in [2.45, 2.75) is 6.61 Å². The lowest BCUT2D eigenvalue weighted by molar-refractivity contribution is 0.281. The first kappa shape index (κ1) is 8.10. The molecule has 0 fully saturated rings. The van der Waals surface area contributed by atoms with Gasteiger partial charge in [0.25, 0.3) is 0 Å². The Kier molecular flexibility index (Phi) is 2.95. The monoisotopic (exact) mass is 152 g/mol. The Balaban J connectivity index is 2.74. The van der Waals surface area contributed by atoms with Crippen LogP contribution in [0.3, 0.4) is 0 Å². The number of benzene rings is 1. The standard InChI is InChI=1S/C7H9BO3/c9-5-6-2-1-3-7(4-6)11-8-10/h1-4,8-10H,5H2. The van der Waals surface area contributed by atoms with Gasteiger partial charge in [0.2, 0.25) is 0 Å². The summed E-state index contributed by atoms with van der Waals surface area (Å²) in [4.78, 5) is 0. The highest BCUT2D eigenvalue weighted by molar-refractivity contribution is 6.17. The maximum Gasteiger partial charge on any atom is 0.504 e. The first-order valence-corrected chi connectivity index (χ1v) is 3.30. The Morgan fingerprint density at radius 3 is 2.91 bits per heavy atom. The highest BCUT2D eigenvalue weighted by Gasteiger charge is 1.94. The summed E-state index contributed by atoms with van der Waals surface area (Å²) in [5.74, 6) is 0.569. The van der Waals surface area contributed by atoms with Crippen molar-refractivity contribution >= 4 is 7.69 Å². The molecule has 0 saturated heterocycles. The Hall–Kier alpha value is -0.995. The van der Waals surface area contributed by atoms with Crippen molar-refractivity contribution < 1.29 is 14.8 Å². The minimum absolute atomic E-state index is 0.0113. The molecule has 11 heavy (non-hydrogen) atoms. The summed E-state index contributed by atoms with van der Waals surface area (Å²) in [6.07, 6.45) is 0. The van der Waals surface area contributed by atoms with Gasteiger partial charge in [-0.1, -0.05) is 12.1 Å². The van der Waals surface area contributed by atoms with E-state index in [-0.39, 0.29) is 14.3 Å². The second-order valence-electron chi connectivity index (χ2n) is 2.08. The second-order valence-corrected chi connectivity index (χ2v) is 2.08. The fourth-order valence-electron chi connectivity index (χ4n) is 0.808. The van der Waals surface area contributed by atoms with Crippen LogP contribution in [0, 0.1) is 0 Å². The third kappa shape index (κ3) is 2.25. The van der Waals surface area contributed by atoms with Crippen LogP contribution in [0.4, 0.5) is 0 Å². The summed E-state index contributed by atoms with van der Waals surface area (Å²) in [5, 5.41) is 17.1. The average Bonchev–Trinajstić information content (AvgIpc) is 2.06. The molecule has 3 nitrogen and oxygen atoms in total. The molecule has 0 aromatic heterocycles. The molecule has 0 heterocycles. The molecule has 0 aliphatic rings. The minimum atomic E-state index is -0.338. The van der Waals surface area contributed by atoms with Gasteiger partial charge in [0.1, 0.15) is 5.75 Å². The van der Waals surface area contributed by atoms with E-state index in [2.05, 4.69) is 0 Å². The molecule has 0 atom stereocenters. The molecule has 4 heteroatoms. The maximum absolute atomic E-state index is 8.71. The molecule has 0 spiro atoms. The van der Waals surface area contributed by atoms with Crippen molar-refractivity contribution in [1.82, 2.24) is 0 Å². The van der Waals surface area contributed by atoms with Gasteiger partial charge in [0.05, 0.1) is 6.61 Å². The molecule has 0 aliphatic heterocycles. The number of hydrogen-bond acceptors (Lipinski definition) is 3. The maximum atomic E-state index is 8.71. The van der Waals surface area contributed by atoms with Crippen LogP contribution in [0.2, 0.25) is 0 Å². The summed E-state index contributed by atoms with van der Waals surface area (Å²) in [6, 6.07) is 6.94. The first-order chi connectivity index (χ1) is 5.36. The molecular weight excluding hydrogens is 143 g/mol. The lowest BCUT2D eigenvalue weighted by Gasteiger charge is -2.02. The van der Waals surface area contributed by atoms with E-state index >= 15 is 0 Å². The van der Waals surface area contributed by atoms with Crippen LogP contribution >= 0.6 is 0 Å². The summed E-state index contributed by atoms with van der Waals surface area (Å²) in [6.45, 7) is -0.0113. The number of rotatable bonds is 3. The fraction of sp³-hybridized carbons (Fsp3) is 0.143. The largest absolute Gasteiger partial charge is 0.539 e. The SMILES string of the molecule is OBOc1cccc(CO)c1. The Morgan fingerprint density at radius 2 is 2.27 bits per heavy atom. The second kappa shape index (κ2) is 4.00. The first-order valence-electron chi connectivity index (χ1n) is 3.30.